The van der Waals surface area contributed by atoms with E-state index in [1.165, 1.54) is 24.8 Å². The molecule has 0 bridgehead atoms. The van der Waals surface area contributed by atoms with Gasteiger partial charge in [-0.1, -0.05) is 27.5 Å². The lowest BCUT2D eigenvalue weighted by Crippen LogP contribution is -1.99. The van der Waals surface area contributed by atoms with Crippen molar-refractivity contribution in [3.8, 4) is 0 Å². The van der Waals surface area contributed by atoms with Crippen molar-refractivity contribution in [2.75, 3.05) is 12.4 Å². The Balaban J connectivity index is 1.91. The third-order valence-electron chi connectivity index (χ3n) is 3.74. The second-order valence-corrected chi connectivity index (χ2v) is 7.65. The molecule has 6 nitrogen and oxygen atoms in total. The number of benzene rings is 2. The maximum Gasteiger partial charge on any atom is 0.242 e. The summed E-state index contributed by atoms with van der Waals surface area (Å²) in [5, 5.41) is 13.0. The standard InChI is InChI=1S/C17H11BrClN5OS/c1-25-15(20)17-24-12-5-4-11-13(14(12)26-17)16(22-7-21-11)23-10-3-2-8(18)6-9(10)19/h2-7,20H,1H3,(H,21,22,23). The molecular formula is C17H11BrClN5OS. The van der Waals surface area contributed by atoms with Gasteiger partial charge in [-0.25, -0.2) is 15.0 Å². The second kappa shape index (κ2) is 6.79. The van der Waals surface area contributed by atoms with Crippen LogP contribution >= 0.6 is 38.9 Å². The van der Waals surface area contributed by atoms with Crippen LogP contribution in [0.5, 0.6) is 0 Å². The molecule has 0 aliphatic carbocycles. The molecular weight excluding hydrogens is 438 g/mol. The number of thiazole rings is 1. The molecule has 2 aromatic heterocycles. The van der Waals surface area contributed by atoms with Gasteiger partial charge in [0.05, 0.1) is 38.9 Å². The summed E-state index contributed by atoms with van der Waals surface area (Å²) < 4.78 is 6.77. The summed E-state index contributed by atoms with van der Waals surface area (Å²) in [6.07, 6.45) is 1.50. The van der Waals surface area contributed by atoms with Crippen LogP contribution in [0.4, 0.5) is 11.5 Å². The van der Waals surface area contributed by atoms with Gasteiger partial charge in [0.2, 0.25) is 5.90 Å². The SMILES string of the molecule is COC(=N)c1nc2ccc3ncnc(Nc4ccc(Br)cc4Cl)c3c2s1. The molecule has 0 amide bonds. The predicted molar refractivity (Wildman–Crippen MR) is 109 cm³/mol. The van der Waals surface area contributed by atoms with Gasteiger partial charge >= 0.3 is 0 Å². The third-order valence-corrected chi connectivity index (χ3v) is 5.63. The van der Waals surface area contributed by atoms with Crippen molar-refractivity contribution in [2.45, 2.75) is 0 Å². The molecule has 9 heteroatoms. The number of aromatic nitrogens is 3. The van der Waals surface area contributed by atoms with E-state index in [4.69, 9.17) is 21.7 Å². The molecule has 2 N–H and O–H groups in total. The monoisotopic (exact) mass is 447 g/mol. The molecule has 0 aliphatic heterocycles. The minimum atomic E-state index is 0.0293. The molecule has 0 fully saturated rings. The van der Waals surface area contributed by atoms with Gasteiger partial charge in [0.1, 0.15) is 12.1 Å². The lowest BCUT2D eigenvalue weighted by Gasteiger charge is -2.10. The highest BCUT2D eigenvalue weighted by Gasteiger charge is 2.16. The highest BCUT2D eigenvalue weighted by atomic mass is 79.9. The van der Waals surface area contributed by atoms with E-state index in [-0.39, 0.29) is 5.90 Å². The number of halogens is 2. The number of hydrogen-bond acceptors (Lipinski definition) is 7. The Hall–Kier alpha value is -2.29. The molecule has 2 heterocycles. The third kappa shape index (κ3) is 3.00. The topological polar surface area (TPSA) is 83.8 Å². The van der Waals surface area contributed by atoms with Crippen molar-refractivity contribution in [1.29, 1.82) is 5.41 Å². The van der Waals surface area contributed by atoms with Crippen LogP contribution in [0.3, 0.4) is 0 Å². The van der Waals surface area contributed by atoms with Gasteiger partial charge in [0, 0.05) is 4.47 Å². The first-order valence-electron chi connectivity index (χ1n) is 7.46. The fraction of sp³-hybridized carbons (Fsp3) is 0.0588. The molecule has 4 aromatic rings. The zero-order chi connectivity index (χ0) is 18.3. The number of nitrogens with zero attached hydrogens (tertiary/aromatic N) is 3. The van der Waals surface area contributed by atoms with Crippen LogP contribution in [0.25, 0.3) is 21.1 Å². The van der Waals surface area contributed by atoms with E-state index in [1.54, 1.807) is 0 Å². The summed E-state index contributed by atoms with van der Waals surface area (Å²) in [4.78, 5) is 13.2. The predicted octanol–water partition coefficient (Wildman–Crippen LogP) is 5.37. The van der Waals surface area contributed by atoms with E-state index in [0.29, 0.717) is 15.8 Å². The fourth-order valence-corrected chi connectivity index (χ4v) is 4.28. The van der Waals surface area contributed by atoms with Crippen molar-refractivity contribution in [3.63, 3.8) is 0 Å². The van der Waals surface area contributed by atoms with Crippen LogP contribution in [0.2, 0.25) is 5.02 Å². The van der Waals surface area contributed by atoms with Crippen molar-refractivity contribution in [1.82, 2.24) is 15.0 Å². The first kappa shape index (κ1) is 17.1. The van der Waals surface area contributed by atoms with Crippen LogP contribution in [0, 0.1) is 5.41 Å². The molecule has 26 heavy (non-hydrogen) atoms. The maximum absolute atomic E-state index is 7.86. The lowest BCUT2D eigenvalue weighted by molar-refractivity contribution is 0.401. The van der Waals surface area contributed by atoms with Gasteiger partial charge in [-0.3, -0.25) is 5.41 Å². The van der Waals surface area contributed by atoms with Gasteiger partial charge < -0.3 is 10.1 Å². The first-order valence-corrected chi connectivity index (χ1v) is 9.45. The Labute approximate surface area is 165 Å². The van der Waals surface area contributed by atoms with Gasteiger partial charge in [-0.2, -0.15) is 0 Å². The van der Waals surface area contributed by atoms with E-state index in [2.05, 4.69) is 36.2 Å². The Morgan fingerprint density at radius 1 is 1.23 bits per heavy atom. The number of anilines is 2. The number of hydrogen-bond donors (Lipinski definition) is 2. The molecule has 0 radical (unpaired) electrons. The van der Waals surface area contributed by atoms with Crippen molar-refractivity contribution < 1.29 is 4.74 Å². The number of ether oxygens (including phenoxy) is 1. The van der Waals surface area contributed by atoms with Crippen LogP contribution in [0.15, 0.2) is 41.1 Å². The van der Waals surface area contributed by atoms with Gasteiger partial charge in [0.15, 0.2) is 5.01 Å². The number of fused-ring (bicyclic) bond motifs is 3. The summed E-state index contributed by atoms with van der Waals surface area (Å²) in [6, 6.07) is 9.35. The van der Waals surface area contributed by atoms with E-state index >= 15 is 0 Å². The van der Waals surface area contributed by atoms with Crippen LogP contribution in [-0.4, -0.2) is 28.0 Å². The van der Waals surface area contributed by atoms with Crippen LogP contribution in [-0.2, 0) is 4.74 Å². The van der Waals surface area contributed by atoms with E-state index < -0.39 is 0 Å². The summed E-state index contributed by atoms with van der Waals surface area (Å²) in [5.74, 6) is 0.658. The number of methoxy groups -OCH3 is 1. The molecule has 0 atom stereocenters. The van der Waals surface area contributed by atoms with E-state index in [1.807, 2.05) is 30.3 Å². The molecule has 0 aliphatic rings. The minimum Gasteiger partial charge on any atom is -0.479 e. The number of nitrogens with one attached hydrogen (secondary N) is 2. The number of rotatable bonds is 3. The van der Waals surface area contributed by atoms with Crippen molar-refractivity contribution >= 4 is 77.4 Å². The molecule has 2 aromatic carbocycles. The van der Waals surface area contributed by atoms with Gasteiger partial charge in [0.25, 0.3) is 0 Å². The Bertz CT molecular complexity index is 1160. The van der Waals surface area contributed by atoms with Crippen molar-refractivity contribution in [2.24, 2.45) is 0 Å². The van der Waals surface area contributed by atoms with Crippen LogP contribution in [0.1, 0.15) is 5.01 Å². The van der Waals surface area contributed by atoms with Crippen LogP contribution < -0.4 is 5.32 Å². The average molecular weight is 449 g/mol. The fourth-order valence-electron chi connectivity index (χ4n) is 2.53. The Morgan fingerprint density at radius 2 is 2.04 bits per heavy atom. The van der Waals surface area contributed by atoms with E-state index in [0.717, 1.165) is 31.3 Å². The average Bonchev–Trinajstić information content (AvgIpc) is 3.08. The summed E-state index contributed by atoms with van der Waals surface area (Å²) in [5.41, 5.74) is 2.28. The summed E-state index contributed by atoms with van der Waals surface area (Å²) >= 11 is 11.1. The summed E-state index contributed by atoms with van der Waals surface area (Å²) in [7, 11) is 1.46. The van der Waals surface area contributed by atoms with Gasteiger partial charge in [-0.15, -0.1) is 11.3 Å². The summed E-state index contributed by atoms with van der Waals surface area (Å²) in [6.45, 7) is 0. The molecule has 0 saturated heterocycles. The highest BCUT2D eigenvalue weighted by molar-refractivity contribution is 9.10. The van der Waals surface area contributed by atoms with Gasteiger partial charge in [-0.05, 0) is 30.3 Å². The zero-order valence-electron chi connectivity index (χ0n) is 13.4. The van der Waals surface area contributed by atoms with Crippen molar-refractivity contribution in [3.05, 3.63) is 51.2 Å². The normalized spacial score (nSPS) is 11.0. The minimum absolute atomic E-state index is 0.0293. The maximum atomic E-state index is 7.86. The van der Waals surface area contributed by atoms with E-state index in [9.17, 15) is 0 Å². The largest absolute Gasteiger partial charge is 0.479 e. The quantitative estimate of drug-likeness (QED) is 0.325. The zero-order valence-corrected chi connectivity index (χ0v) is 16.5. The molecule has 0 spiro atoms. The second-order valence-electron chi connectivity index (χ2n) is 5.33. The molecule has 4 rings (SSSR count). The Kier molecular flexibility index (Phi) is 4.47. The molecule has 130 valence electrons. The Morgan fingerprint density at radius 3 is 2.81 bits per heavy atom. The highest BCUT2D eigenvalue weighted by Crippen LogP contribution is 2.36. The molecule has 0 saturated carbocycles. The first-order chi connectivity index (χ1) is 12.6. The molecule has 0 unspecified atom stereocenters. The smallest absolute Gasteiger partial charge is 0.242 e. The lowest BCUT2D eigenvalue weighted by atomic mass is 10.2.